The van der Waals surface area contributed by atoms with Gasteiger partial charge < -0.3 is 4.42 Å². The summed E-state index contributed by atoms with van der Waals surface area (Å²) in [4.78, 5) is 19.4. The van der Waals surface area contributed by atoms with Crippen LogP contribution in [-0.2, 0) is 0 Å². The lowest BCUT2D eigenvalue weighted by Crippen LogP contribution is -2.06. The molecule has 0 saturated carbocycles. The standard InChI is InChI=1S/C36H21N5O/c1-2-9-23(10-3-1)34-38-35(24-15-16-27-28-18-19-37-21-32(28)42-31(27)20-24)40-36(39-34)41-30-13-7-6-12-26(30)29-17-14-22-8-4-5-11-25(22)33(29)41/h1-21H. The molecule has 6 nitrogen and oxygen atoms in total. The van der Waals surface area contributed by atoms with E-state index in [-0.39, 0.29) is 0 Å². The number of furan rings is 1. The summed E-state index contributed by atoms with van der Waals surface area (Å²) in [6, 6.07) is 39.4. The van der Waals surface area contributed by atoms with Crippen LogP contribution in [0.4, 0.5) is 0 Å². The molecule has 0 bridgehead atoms. The zero-order valence-electron chi connectivity index (χ0n) is 22.3. The van der Waals surface area contributed by atoms with Gasteiger partial charge in [0.1, 0.15) is 5.58 Å². The molecule has 196 valence electrons. The van der Waals surface area contributed by atoms with E-state index in [1.165, 1.54) is 0 Å². The Hall–Kier alpha value is -5.88. The minimum Gasteiger partial charge on any atom is -0.454 e. The highest BCUT2D eigenvalue weighted by Gasteiger charge is 2.19. The lowest BCUT2D eigenvalue weighted by Gasteiger charge is -2.12. The van der Waals surface area contributed by atoms with Gasteiger partial charge in [-0.1, -0.05) is 91.0 Å². The number of benzene rings is 5. The average molecular weight is 540 g/mol. The first-order chi connectivity index (χ1) is 20.8. The van der Waals surface area contributed by atoms with Gasteiger partial charge in [0.05, 0.1) is 17.2 Å². The van der Waals surface area contributed by atoms with Crippen LogP contribution in [0, 0.1) is 0 Å². The van der Waals surface area contributed by atoms with Crippen molar-refractivity contribution >= 4 is 54.5 Å². The molecule has 4 heterocycles. The summed E-state index contributed by atoms with van der Waals surface area (Å²) in [6.45, 7) is 0. The van der Waals surface area contributed by atoms with Crippen molar-refractivity contribution in [2.45, 2.75) is 0 Å². The highest BCUT2D eigenvalue weighted by atomic mass is 16.3. The van der Waals surface area contributed by atoms with Crippen LogP contribution in [0.25, 0.3) is 83.2 Å². The summed E-state index contributed by atoms with van der Waals surface area (Å²) >= 11 is 0. The smallest absolute Gasteiger partial charge is 0.238 e. The third kappa shape index (κ3) is 3.39. The number of fused-ring (bicyclic) bond motifs is 8. The van der Waals surface area contributed by atoms with Gasteiger partial charge in [-0.2, -0.15) is 9.97 Å². The van der Waals surface area contributed by atoms with Gasteiger partial charge in [0.2, 0.25) is 5.95 Å². The van der Waals surface area contributed by atoms with Crippen molar-refractivity contribution in [2.75, 3.05) is 0 Å². The third-order valence-corrected chi connectivity index (χ3v) is 7.95. The minimum absolute atomic E-state index is 0.565. The van der Waals surface area contributed by atoms with E-state index < -0.39 is 0 Å². The largest absolute Gasteiger partial charge is 0.454 e. The van der Waals surface area contributed by atoms with E-state index in [0.717, 1.165) is 65.6 Å². The maximum atomic E-state index is 6.16. The lowest BCUT2D eigenvalue weighted by molar-refractivity contribution is 0.667. The summed E-state index contributed by atoms with van der Waals surface area (Å²) in [7, 11) is 0. The predicted molar refractivity (Wildman–Crippen MR) is 168 cm³/mol. The lowest BCUT2D eigenvalue weighted by atomic mass is 10.1. The first-order valence-electron chi connectivity index (χ1n) is 13.8. The fourth-order valence-corrected chi connectivity index (χ4v) is 6.02. The van der Waals surface area contributed by atoms with E-state index in [9.17, 15) is 0 Å². The first-order valence-corrected chi connectivity index (χ1v) is 13.8. The highest BCUT2D eigenvalue weighted by Crippen LogP contribution is 2.37. The van der Waals surface area contributed by atoms with Crippen LogP contribution in [0.2, 0.25) is 0 Å². The van der Waals surface area contributed by atoms with Crippen molar-refractivity contribution in [2.24, 2.45) is 0 Å². The number of hydrogen-bond donors (Lipinski definition) is 0. The Balaban J connectivity index is 1.37. The van der Waals surface area contributed by atoms with Crippen LogP contribution >= 0.6 is 0 Å². The minimum atomic E-state index is 0.565. The molecule has 0 atom stereocenters. The first kappa shape index (κ1) is 22.9. The van der Waals surface area contributed by atoms with Crippen LogP contribution in [0.3, 0.4) is 0 Å². The molecule has 0 aliphatic heterocycles. The van der Waals surface area contributed by atoms with Crippen molar-refractivity contribution in [1.82, 2.24) is 24.5 Å². The summed E-state index contributed by atoms with van der Waals surface area (Å²) in [5.41, 5.74) is 5.40. The maximum absolute atomic E-state index is 6.16. The van der Waals surface area contributed by atoms with Crippen molar-refractivity contribution < 1.29 is 4.42 Å². The molecule has 6 heteroatoms. The van der Waals surface area contributed by atoms with E-state index in [2.05, 4.69) is 76.3 Å². The molecule has 0 fully saturated rings. The molecule has 0 aliphatic carbocycles. The second kappa shape index (κ2) is 8.81. The van der Waals surface area contributed by atoms with Crippen molar-refractivity contribution in [1.29, 1.82) is 0 Å². The van der Waals surface area contributed by atoms with Gasteiger partial charge in [-0.25, -0.2) is 4.98 Å². The second-order valence-electron chi connectivity index (χ2n) is 10.4. The van der Waals surface area contributed by atoms with Gasteiger partial charge in [-0.15, -0.1) is 0 Å². The van der Waals surface area contributed by atoms with Crippen LogP contribution < -0.4 is 0 Å². The molecule has 0 N–H and O–H groups in total. The van der Waals surface area contributed by atoms with Crippen LogP contribution in [0.15, 0.2) is 132 Å². The monoisotopic (exact) mass is 539 g/mol. The van der Waals surface area contributed by atoms with E-state index in [0.29, 0.717) is 17.6 Å². The molecular formula is C36H21N5O. The number of nitrogens with zero attached hydrogens (tertiary/aromatic N) is 5. The van der Waals surface area contributed by atoms with Gasteiger partial charge in [-0.3, -0.25) is 9.55 Å². The Bertz CT molecular complexity index is 2480. The summed E-state index contributed by atoms with van der Waals surface area (Å²) in [5.74, 6) is 1.75. The Labute approximate surface area is 239 Å². The van der Waals surface area contributed by atoms with E-state index in [1.807, 2.05) is 48.5 Å². The van der Waals surface area contributed by atoms with Crippen LogP contribution in [0.5, 0.6) is 0 Å². The van der Waals surface area contributed by atoms with Crippen molar-refractivity contribution in [3.05, 3.63) is 128 Å². The van der Waals surface area contributed by atoms with E-state index in [4.69, 9.17) is 19.4 Å². The maximum Gasteiger partial charge on any atom is 0.238 e. The third-order valence-electron chi connectivity index (χ3n) is 7.95. The normalized spacial score (nSPS) is 11.8. The van der Waals surface area contributed by atoms with Crippen molar-refractivity contribution in [3.8, 4) is 28.7 Å². The zero-order chi connectivity index (χ0) is 27.6. The van der Waals surface area contributed by atoms with Crippen LogP contribution in [0.1, 0.15) is 0 Å². The molecule has 0 saturated heterocycles. The predicted octanol–water partition coefficient (Wildman–Crippen LogP) is 8.75. The number of aromatic nitrogens is 5. The molecule has 0 spiro atoms. The molecule has 0 radical (unpaired) electrons. The molecule has 42 heavy (non-hydrogen) atoms. The number of pyridine rings is 1. The number of para-hydroxylation sites is 1. The summed E-state index contributed by atoms with van der Waals surface area (Å²) in [5, 5.41) is 6.68. The van der Waals surface area contributed by atoms with Gasteiger partial charge in [0.25, 0.3) is 0 Å². The molecule has 0 aliphatic rings. The molecule has 0 unspecified atom stereocenters. The van der Waals surface area contributed by atoms with Gasteiger partial charge >= 0.3 is 0 Å². The highest BCUT2D eigenvalue weighted by molar-refractivity contribution is 6.18. The Morgan fingerprint density at radius 3 is 2.17 bits per heavy atom. The van der Waals surface area contributed by atoms with Crippen molar-refractivity contribution in [3.63, 3.8) is 0 Å². The fourth-order valence-electron chi connectivity index (χ4n) is 6.02. The van der Waals surface area contributed by atoms with E-state index >= 15 is 0 Å². The molecule has 9 aromatic rings. The van der Waals surface area contributed by atoms with Gasteiger partial charge in [-0.05, 0) is 29.7 Å². The van der Waals surface area contributed by atoms with Gasteiger partial charge in [0.15, 0.2) is 17.2 Å². The number of hydrogen-bond acceptors (Lipinski definition) is 5. The molecule has 5 aromatic carbocycles. The Morgan fingerprint density at radius 1 is 0.524 bits per heavy atom. The molecule has 0 amide bonds. The zero-order valence-corrected chi connectivity index (χ0v) is 22.3. The number of rotatable bonds is 3. The summed E-state index contributed by atoms with van der Waals surface area (Å²) in [6.07, 6.45) is 3.53. The summed E-state index contributed by atoms with van der Waals surface area (Å²) < 4.78 is 8.33. The topological polar surface area (TPSA) is 69.6 Å². The average Bonchev–Trinajstić information content (AvgIpc) is 3.60. The van der Waals surface area contributed by atoms with Crippen LogP contribution in [-0.4, -0.2) is 24.5 Å². The fraction of sp³-hybridized carbons (Fsp3) is 0. The SMILES string of the molecule is c1ccc(-c2nc(-c3ccc4c(c3)oc3cnccc34)nc(-n3c4ccccc4c4ccc5ccccc5c43)n2)cc1. The Morgan fingerprint density at radius 2 is 1.26 bits per heavy atom. The second-order valence-corrected chi connectivity index (χ2v) is 10.4. The molecule has 4 aromatic heterocycles. The van der Waals surface area contributed by atoms with Gasteiger partial charge in [0, 0.05) is 44.3 Å². The molecule has 9 rings (SSSR count). The molecular weight excluding hydrogens is 518 g/mol. The quantitative estimate of drug-likeness (QED) is 0.224. The Kier molecular flexibility index (Phi) is 4.80. The van der Waals surface area contributed by atoms with E-state index in [1.54, 1.807) is 12.4 Å².